The number of rotatable bonds is 10. The average Bonchev–Trinajstić information content (AvgIpc) is 3.00. The highest BCUT2D eigenvalue weighted by atomic mass is 32.2. The summed E-state index contributed by atoms with van der Waals surface area (Å²) in [6, 6.07) is 15.4. The van der Waals surface area contributed by atoms with Crippen molar-refractivity contribution in [1.82, 2.24) is 4.90 Å². The maximum absolute atomic E-state index is 12.6. The number of amides is 1. The topological polar surface area (TPSA) is 55.8 Å². The molecule has 0 aromatic heterocycles. The van der Waals surface area contributed by atoms with Gasteiger partial charge in [-0.1, -0.05) is 54.3 Å². The molecule has 0 aliphatic carbocycles. The summed E-state index contributed by atoms with van der Waals surface area (Å²) in [5.41, 5.74) is 1.99. The lowest BCUT2D eigenvalue weighted by Gasteiger charge is -2.13. The van der Waals surface area contributed by atoms with Crippen LogP contribution < -0.4 is 9.47 Å². The molecule has 1 aliphatic heterocycles. The van der Waals surface area contributed by atoms with Gasteiger partial charge in [0.2, 0.25) is 0 Å². The summed E-state index contributed by atoms with van der Waals surface area (Å²) >= 11 is 6.62. The van der Waals surface area contributed by atoms with Gasteiger partial charge in [-0.2, -0.15) is 0 Å². The molecule has 0 saturated carbocycles. The third kappa shape index (κ3) is 6.67. The highest BCUT2D eigenvalue weighted by Gasteiger charge is 2.31. The van der Waals surface area contributed by atoms with Crippen molar-refractivity contribution in [1.29, 1.82) is 0 Å². The van der Waals surface area contributed by atoms with Crippen molar-refractivity contribution in [2.45, 2.75) is 26.7 Å². The fourth-order valence-corrected chi connectivity index (χ4v) is 4.33. The zero-order valence-corrected chi connectivity index (χ0v) is 19.3. The molecule has 0 N–H and O–H groups in total. The standard InChI is InChI=1S/C24H25NO4S2/c1-17-6-3-4-8-21(17)29-15-14-28-20-11-9-19(10-12-20)16-22-23(27)25(24(30)31-22)13-5-7-18(2)26/h3-4,6,8-12,16H,5,7,13-15H2,1-2H3. The third-order valence-corrected chi connectivity index (χ3v) is 6.04. The molecule has 2 aromatic rings. The highest BCUT2D eigenvalue weighted by Crippen LogP contribution is 2.33. The number of carbonyl (C=O) groups excluding carboxylic acids is 2. The molecular formula is C24H25NO4S2. The predicted molar refractivity (Wildman–Crippen MR) is 128 cm³/mol. The monoisotopic (exact) mass is 455 g/mol. The lowest BCUT2D eigenvalue weighted by molar-refractivity contribution is -0.123. The minimum Gasteiger partial charge on any atom is -0.490 e. The SMILES string of the molecule is CC(=O)CCCN1C(=O)C(=Cc2ccc(OCCOc3ccccc3C)cc2)SC1=S. The van der Waals surface area contributed by atoms with E-state index in [4.69, 9.17) is 21.7 Å². The van der Waals surface area contributed by atoms with Gasteiger partial charge in [-0.05, 0) is 55.7 Å². The number of ether oxygens (including phenoxy) is 2. The van der Waals surface area contributed by atoms with E-state index in [-0.39, 0.29) is 11.7 Å². The van der Waals surface area contributed by atoms with Crippen LogP contribution >= 0.6 is 24.0 Å². The van der Waals surface area contributed by atoms with Gasteiger partial charge in [0.15, 0.2) is 0 Å². The van der Waals surface area contributed by atoms with E-state index in [9.17, 15) is 9.59 Å². The second kappa shape index (κ2) is 11.1. The molecule has 7 heteroatoms. The Hall–Kier alpha value is -2.64. The number of Topliss-reactive ketones (excluding diaryl/α,β-unsaturated/α-hetero) is 1. The fourth-order valence-electron chi connectivity index (χ4n) is 3.02. The van der Waals surface area contributed by atoms with Gasteiger partial charge >= 0.3 is 0 Å². The van der Waals surface area contributed by atoms with E-state index < -0.39 is 0 Å². The van der Waals surface area contributed by atoms with Crippen molar-refractivity contribution in [2.75, 3.05) is 19.8 Å². The van der Waals surface area contributed by atoms with Gasteiger partial charge in [-0.3, -0.25) is 9.69 Å². The molecular weight excluding hydrogens is 430 g/mol. The highest BCUT2D eigenvalue weighted by molar-refractivity contribution is 8.26. The lowest BCUT2D eigenvalue weighted by atomic mass is 10.2. The molecule has 162 valence electrons. The van der Waals surface area contributed by atoms with E-state index in [1.165, 1.54) is 11.8 Å². The van der Waals surface area contributed by atoms with Gasteiger partial charge in [0, 0.05) is 13.0 Å². The molecule has 0 bridgehead atoms. The molecule has 1 aliphatic rings. The fraction of sp³-hybridized carbons (Fsp3) is 0.292. The Labute approximate surface area is 192 Å². The van der Waals surface area contributed by atoms with Gasteiger partial charge < -0.3 is 14.3 Å². The number of hydrogen-bond donors (Lipinski definition) is 0. The van der Waals surface area contributed by atoms with Gasteiger partial charge in [0.05, 0.1) is 4.91 Å². The number of hydrogen-bond acceptors (Lipinski definition) is 6. The van der Waals surface area contributed by atoms with Crippen LogP contribution in [0.15, 0.2) is 53.4 Å². The number of benzene rings is 2. The molecule has 1 heterocycles. The van der Waals surface area contributed by atoms with E-state index in [1.807, 2.05) is 61.5 Å². The quantitative estimate of drug-likeness (QED) is 0.285. The van der Waals surface area contributed by atoms with Gasteiger partial charge in [-0.25, -0.2) is 0 Å². The molecule has 0 spiro atoms. The van der Waals surface area contributed by atoms with Crippen molar-refractivity contribution in [3.8, 4) is 11.5 Å². The molecule has 0 unspecified atom stereocenters. The average molecular weight is 456 g/mol. The zero-order valence-electron chi connectivity index (χ0n) is 17.6. The third-order valence-electron chi connectivity index (χ3n) is 4.67. The summed E-state index contributed by atoms with van der Waals surface area (Å²) < 4.78 is 12.0. The molecule has 31 heavy (non-hydrogen) atoms. The van der Waals surface area contributed by atoms with Crippen molar-refractivity contribution in [3.05, 3.63) is 64.6 Å². The Morgan fingerprint density at radius 2 is 1.81 bits per heavy atom. The smallest absolute Gasteiger partial charge is 0.266 e. The predicted octanol–water partition coefficient (Wildman–Crippen LogP) is 5.02. The normalized spacial score (nSPS) is 14.9. The molecule has 0 radical (unpaired) electrons. The molecule has 3 rings (SSSR count). The second-order valence-electron chi connectivity index (χ2n) is 7.17. The van der Waals surface area contributed by atoms with E-state index >= 15 is 0 Å². The molecule has 1 amide bonds. The largest absolute Gasteiger partial charge is 0.490 e. The van der Waals surface area contributed by atoms with Crippen LogP contribution in [-0.4, -0.2) is 40.7 Å². The first-order valence-electron chi connectivity index (χ1n) is 10.1. The molecule has 5 nitrogen and oxygen atoms in total. The van der Waals surface area contributed by atoms with Gasteiger partial charge in [-0.15, -0.1) is 0 Å². The number of aryl methyl sites for hydroxylation is 1. The maximum atomic E-state index is 12.6. The van der Waals surface area contributed by atoms with Crippen LogP contribution in [0, 0.1) is 6.92 Å². The Kier molecular flexibility index (Phi) is 8.26. The summed E-state index contributed by atoms with van der Waals surface area (Å²) in [6.45, 7) is 4.92. The number of carbonyl (C=O) groups is 2. The van der Waals surface area contributed by atoms with E-state index in [1.54, 1.807) is 11.8 Å². The van der Waals surface area contributed by atoms with Crippen molar-refractivity contribution in [3.63, 3.8) is 0 Å². The maximum Gasteiger partial charge on any atom is 0.266 e. The number of thiocarbonyl (C=S) groups is 1. The minimum absolute atomic E-state index is 0.104. The van der Waals surface area contributed by atoms with Crippen LogP contribution in [0.3, 0.4) is 0 Å². The van der Waals surface area contributed by atoms with Crippen LogP contribution in [-0.2, 0) is 9.59 Å². The number of thioether (sulfide) groups is 1. The summed E-state index contributed by atoms with van der Waals surface area (Å²) in [6.07, 6.45) is 2.90. The van der Waals surface area contributed by atoms with Crippen LogP contribution in [0.25, 0.3) is 6.08 Å². The van der Waals surface area contributed by atoms with Crippen molar-refractivity contribution in [2.24, 2.45) is 0 Å². The first-order valence-corrected chi connectivity index (χ1v) is 11.3. The Bertz CT molecular complexity index is 985. The summed E-state index contributed by atoms with van der Waals surface area (Å²) in [5.74, 6) is 1.61. The molecule has 1 fully saturated rings. The van der Waals surface area contributed by atoms with Crippen LogP contribution in [0.2, 0.25) is 0 Å². The van der Waals surface area contributed by atoms with Crippen molar-refractivity contribution < 1.29 is 19.1 Å². The van der Waals surface area contributed by atoms with Crippen molar-refractivity contribution >= 4 is 46.1 Å². The number of nitrogens with zero attached hydrogens (tertiary/aromatic N) is 1. The molecule has 1 saturated heterocycles. The van der Waals surface area contributed by atoms with Crippen LogP contribution in [0.1, 0.15) is 30.9 Å². The minimum atomic E-state index is -0.104. The second-order valence-corrected chi connectivity index (χ2v) is 8.85. The first-order chi connectivity index (χ1) is 14.9. The number of ketones is 1. The Balaban J connectivity index is 1.50. The van der Waals surface area contributed by atoms with Crippen LogP contribution in [0.4, 0.5) is 0 Å². The Morgan fingerprint density at radius 1 is 1.10 bits per heavy atom. The number of para-hydroxylation sites is 1. The van der Waals surface area contributed by atoms with E-state index in [2.05, 4.69) is 0 Å². The summed E-state index contributed by atoms with van der Waals surface area (Å²) in [5, 5.41) is 0. The summed E-state index contributed by atoms with van der Waals surface area (Å²) in [7, 11) is 0. The zero-order chi connectivity index (χ0) is 22.2. The molecule has 2 aromatic carbocycles. The molecule has 0 atom stereocenters. The van der Waals surface area contributed by atoms with E-state index in [0.29, 0.717) is 41.8 Å². The lowest BCUT2D eigenvalue weighted by Crippen LogP contribution is -2.29. The van der Waals surface area contributed by atoms with Crippen LogP contribution in [0.5, 0.6) is 11.5 Å². The summed E-state index contributed by atoms with van der Waals surface area (Å²) in [4.78, 5) is 25.9. The first kappa shape index (κ1) is 23.0. The van der Waals surface area contributed by atoms with Gasteiger partial charge in [0.25, 0.3) is 5.91 Å². The van der Waals surface area contributed by atoms with Gasteiger partial charge in [0.1, 0.15) is 34.8 Å². The Morgan fingerprint density at radius 3 is 2.52 bits per heavy atom. The van der Waals surface area contributed by atoms with E-state index in [0.717, 1.165) is 22.6 Å².